The minimum absolute atomic E-state index is 0.0972. The normalized spacial score (nSPS) is 10.4. The van der Waals surface area contributed by atoms with E-state index >= 15 is 0 Å². The van der Waals surface area contributed by atoms with Gasteiger partial charge in [-0.15, -0.1) is 0 Å². The maximum absolute atomic E-state index is 12.3. The van der Waals surface area contributed by atoms with Crippen molar-refractivity contribution in [2.24, 2.45) is 0 Å². The van der Waals surface area contributed by atoms with E-state index in [1.165, 1.54) is 24.7 Å². The molecule has 1 N–H and O–H groups in total. The third-order valence-electron chi connectivity index (χ3n) is 2.88. The van der Waals surface area contributed by atoms with Crippen LogP contribution in [0.4, 0.5) is 0 Å². The average molecular weight is 295 g/mol. The van der Waals surface area contributed by atoms with Gasteiger partial charge in [0.2, 0.25) is 5.78 Å². The number of rotatable bonds is 4. The van der Waals surface area contributed by atoms with E-state index in [0.717, 1.165) is 0 Å². The van der Waals surface area contributed by atoms with Crippen molar-refractivity contribution in [3.05, 3.63) is 65.9 Å². The Bertz CT molecular complexity index is 829. The topological polar surface area (TPSA) is 106 Å². The van der Waals surface area contributed by atoms with E-state index in [2.05, 4.69) is 15.0 Å². The van der Waals surface area contributed by atoms with Gasteiger partial charge in [-0.2, -0.15) is 0 Å². The van der Waals surface area contributed by atoms with Gasteiger partial charge in [0.1, 0.15) is 5.69 Å². The predicted molar refractivity (Wildman–Crippen MR) is 74.4 cm³/mol. The summed E-state index contributed by atoms with van der Waals surface area (Å²) in [5, 5.41) is 9.29. The summed E-state index contributed by atoms with van der Waals surface area (Å²) in [5.41, 5.74) is -0.391. The van der Waals surface area contributed by atoms with Crippen LogP contribution in [-0.4, -0.2) is 31.8 Å². The van der Waals surface area contributed by atoms with Crippen molar-refractivity contribution in [1.29, 1.82) is 0 Å². The molecule has 7 heteroatoms. The Labute approximate surface area is 124 Å². The molecule has 7 nitrogen and oxygen atoms in total. The first kappa shape index (κ1) is 13.6. The van der Waals surface area contributed by atoms with Crippen molar-refractivity contribution in [2.75, 3.05) is 0 Å². The Morgan fingerprint density at radius 1 is 1.09 bits per heavy atom. The number of nitrogens with zero attached hydrogens (tertiary/aromatic N) is 3. The summed E-state index contributed by atoms with van der Waals surface area (Å²) in [6.45, 7) is 0. The summed E-state index contributed by atoms with van der Waals surface area (Å²) in [4.78, 5) is 35.5. The van der Waals surface area contributed by atoms with E-state index in [9.17, 15) is 14.7 Å². The second-order valence-corrected chi connectivity index (χ2v) is 4.28. The lowest BCUT2D eigenvalue weighted by Gasteiger charge is -2.05. The van der Waals surface area contributed by atoms with Crippen LogP contribution in [-0.2, 0) is 0 Å². The first-order valence-corrected chi connectivity index (χ1v) is 6.27. The van der Waals surface area contributed by atoms with Gasteiger partial charge in [-0.1, -0.05) is 6.07 Å². The molecule has 3 aromatic heterocycles. The van der Waals surface area contributed by atoms with Crippen LogP contribution in [0.15, 0.2) is 53.4 Å². The smallest absolute Gasteiger partial charge is 0.355 e. The number of carboxylic acid groups (broad SMARTS) is 1. The standard InChI is InChI=1S/C15H9N3O4/c19-13(10-4-1-2-6-16-10)9-8-17-14(11-5-3-7-22-11)18-12(9)15(20)21/h1-8H,(H,20,21). The minimum Gasteiger partial charge on any atom is -0.476 e. The van der Waals surface area contributed by atoms with Gasteiger partial charge in [0, 0.05) is 12.4 Å². The molecule has 0 aromatic carbocycles. The van der Waals surface area contributed by atoms with Gasteiger partial charge in [-0.3, -0.25) is 9.78 Å². The molecule has 3 aromatic rings. The monoisotopic (exact) mass is 295 g/mol. The van der Waals surface area contributed by atoms with Crippen LogP contribution in [0, 0.1) is 0 Å². The Kier molecular flexibility index (Phi) is 3.45. The van der Waals surface area contributed by atoms with E-state index in [1.807, 2.05) is 0 Å². The summed E-state index contributed by atoms with van der Waals surface area (Å²) in [6, 6.07) is 8.02. The van der Waals surface area contributed by atoms with E-state index in [0.29, 0.717) is 5.76 Å². The third-order valence-corrected chi connectivity index (χ3v) is 2.88. The largest absolute Gasteiger partial charge is 0.476 e. The van der Waals surface area contributed by atoms with E-state index in [4.69, 9.17) is 4.42 Å². The molecule has 0 radical (unpaired) electrons. The highest BCUT2D eigenvalue weighted by Crippen LogP contribution is 2.18. The van der Waals surface area contributed by atoms with Crippen molar-refractivity contribution >= 4 is 11.8 Å². The molecule has 0 saturated carbocycles. The zero-order valence-electron chi connectivity index (χ0n) is 11.1. The number of hydrogen-bond acceptors (Lipinski definition) is 6. The molecule has 0 aliphatic heterocycles. The van der Waals surface area contributed by atoms with Gasteiger partial charge in [0.15, 0.2) is 17.3 Å². The maximum atomic E-state index is 12.3. The number of aromatic carboxylic acids is 1. The maximum Gasteiger partial charge on any atom is 0.355 e. The van der Waals surface area contributed by atoms with Gasteiger partial charge in [0.25, 0.3) is 0 Å². The Morgan fingerprint density at radius 3 is 2.59 bits per heavy atom. The molecule has 0 spiro atoms. The SMILES string of the molecule is O=C(c1ccccn1)c1cnc(-c2ccco2)nc1C(=O)O. The molecule has 0 unspecified atom stereocenters. The van der Waals surface area contributed by atoms with E-state index in [1.54, 1.807) is 24.3 Å². The fourth-order valence-electron chi connectivity index (χ4n) is 1.87. The van der Waals surface area contributed by atoms with E-state index in [-0.39, 0.29) is 17.1 Å². The highest BCUT2D eigenvalue weighted by Gasteiger charge is 2.22. The second-order valence-electron chi connectivity index (χ2n) is 4.28. The zero-order valence-corrected chi connectivity index (χ0v) is 11.1. The minimum atomic E-state index is -1.32. The highest BCUT2D eigenvalue weighted by molar-refractivity contribution is 6.12. The van der Waals surface area contributed by atoms with E-state index < -0.39 is 17.4 Å². The second kappa shape index (κ2) is 5.57. The fraction of sp³-hybridized carbons (Fsp3) is 0. The van der Waals surface area contributed by atoms with Gasteiger partial charge >= 0.3 is 5.97 Å². The molecule has 0 fully saturated rings. The molecule has 0 aliphatic rings. The van der Waals surface area contributed by atoms with Crippen molar-refractivity contribution in [3.63, 3.8) is 0 Å². The molecule has 0 bridgehead atoms. The summed E-state index contributed by atoms with van der Waals surface area (Å²) in [6.07, 6.45) is 4.04. The van der Waals surface area contributed by atoms with Crippen LogP contribution in [0.1, 0.15) is 26.5 Å². The van der Waals surface area contributed by atoms with Crippen molar-refractivity contribution < 1.29 is 19.1 Å². The van der Waals surface area contributed by atoms with Crippen LogP contribution >= 0.6 is 0 Å². The number of carboxylic acids is 1. The Hall–Kier alpha value is -3.35. The number of carbonyl (C=O) groups is 2. The van der Waals surface area contributed by atoms with Gasteiger partial charge in [0.05, 0.1) is 11.8 Å². The molecule has 0 aliphatic carbocycles. The molecular weight excluding hydrogens is 286 g/mol. The molecular formula is C15H9N3O4. The van der Waals surface area contributed by atoms with Gasteiger partial charge < -0.3 is 9.52 Å². The Balaban J connectivity index is 2.08. The number of hydrogen-bond donors (Lipinski definition) is 1. The molecule has 0 saturated heterocycles. The van der Waals surface area contributed by atoms with Crippen LogP contribution in [0.2, 0.25) is 0 Å². The number of carbonyl (C=O) groups excluding carboxylic acids is 1. The first-order valence-electron chi connectivity index (χ1n) is 6.27. The zero-order chi connectivity index (χ0) is 15.5. The van der Waals surface area contributed by atoms with Crippen LogP contribution in [0.3, 0.4) is 0 Å². The van der Waals surface area contributed by atoms with Crippen molar-refractivity contribution in [1.82, 2.24) is 15.0 Å². The lowest BCUT2D eigenvalue weighted by atomic mass is 10.1. The lowest BCUT2D eigenvalue weighted by molar-refractivity contribution is 0.0686. The summed E-state index contributed by atoms with van der Waals surface area (Å²) >= 11 is 0. The molecule has 108 valence electrons. The lowest BCUT2D eigenvalue weighted by Crippen LogP contribution is -2.14. The molecule has 3 heterocycles. The summed E-state index contributed by atoms with van der Waals surface area (Å²) in [7, 11) is 0. The van der Waals surface area contributed by atoms with Gasteiger partial charge in [-0.25, -0.2) is 14.8 Å². The Morgan fingerprint density at radius 2 is 1.95 bits per heavy atom. The average Bonchev–Trinajstić information content (AvgIpc) is 3.09. The first-order chi connectivity index (χ1) is 10.7. The molecule has 22 heavy (non-hydrogen) atoms. The number of ketones is 1. The number of pyridine rings is 1. The number of furan rings is 1. The third kappa shape index (κ3) is 2.47. The molecule has 3 rings (SSSR count). The van der Waals surface area contributed by atoms with Crippen LogP contribution in [0.5, 0.6) is 0 Å². The predicted octanol–water partition coefficient (Wildman–Crippen LogP) is 2.06. The fourth-order valence-corrected chi connectivity index (χ4v) is 1.87. The van der Waals surface area contributed by atoms with Crippen LogP contribution < -0.4 is 0 Å². The van der Waals surface area contributed by atoms with Crippen molar-refractivity contribution in [2.45, 2.75) is 0 Å². The van der Waals surface area contributed by atoms with Crippen molar-refractivity contribution in [3.8, 4) is 11.6 Å². The highest BCUT2D eigenvalue weighted by atomic mass is 16.4. The van der Waals surface area contributed by atoms with Crippen LogP contribution in [0.25, 0.3) is 11.6 Å². The summed E-state index contributed by atoms with van der Waals surface area (Å²) < 4.78 is 5.12. The van der Waals surface area contributed by atoms with Gasteiger partial charge in [-0.05, 0) is 24.3 Å². The molecule has 0 atom stereocenters. The quantitative estimate of drug-likeness (QED) is 0.734. The molecule has 0 amide bonds. The number of aromatic nitrogens is 3. The summed E-state index contributed by atoms with van der Waals surface area (Å²) in [5.74, 6) is -1.46.